The van der Waals surface area contributed by atoms with Crippen LogP contribution in [0.5, 0.6) is 0 Å². The van der Waals surface area contributed by atoms with Gasteiger partial charge in [0.05, 0.1) is 5.57 Å². The van der Waals surface area contributed by atoms with E-state index in [4.69, 9.17) is 0 Å². The lowest BCUT2D eigenvalue weighted by molar-refractivity contribution is -0.135. The zero-order valence-corrected chi connectivity index (χ0v) is 15.7. The van der Waals surface area contributed by atoms with E-state index in [-0.39, 0.29) is 23.4 Å². The zero-order valence-electron chi connectivity index (χ0n) is 15.7. The largest absolute Gasteiger partial charge is 0.350 e. The summed E-state index contributed by atoms with van der Waals surface area (Å²) in [7, 11) is 1.47. The molecule has 0 unspecified atom stereocenters. The number of carbonyl (C=O) groups excluding carboxylic acids is 3. The molecule has 2 N–H and O–H groups in total. The van der Waals surface area contributed by atoms with Gasteiger partial charge in [-0.25, -0.2) is 0 Å². The van der Waals surface area contributed by atoms with Gasteiger partial charge >= 0.3 is 0 Å². The Morgan fingerprint density at radius 1 is 0.963 bits per heavy atom. The van der Waals surface area contributed by atoms with Crippen LogP contribution in [0.1, 0.15) is 23.6 Å². The fourth-order valence-electron chi connectivity index (χ4n) is 2.97. The first-order valence-corrected chi connectivity index (χ1v) is 8.57. The van der Waals surface area contributed by atoms with Gasteiger partial charge in [-0.2, -0.15) is 0 Å². The number of hydrogen-bond donors (Lipinski definition) is 2. The van der Waals surface area contributed by atoms with E-state index in [1.807, 2.05) is 32.0 Å². The Hall–Kier alpha value is -3.41. The van der Waals surface area contributed by atoms with E-state index in [1.54, 1.807) is 24.3 Å². The zero-order chi connectivity index (χ0) is 19.7. The molecular weight excluding hydrogens is 342 g/mol. The first-order valence-electron chi connectivity index (χ1n) is 8.57. The van der Waals surface area contributed by atoms with E-state index >= 15 is 0 Å². The summed E-state index contributed by atoms with van der Waals surface area (Å²) in [6.45, 7) is 5.38. The van der Waals surface area contributed by atoms with E-state index in [0.717, 1.165) is 21.7 Å². The first-order chi connectivity index (χ1) is 12.8. The first kappa shape index (κ1) is 18.4. The Bertz CT molecular complexity index is 975. The van der Waals surface area contributed by atoms with Crippen LogP contribution in [-0.2, 0) is 14.4 Å². The third-order valence-corrected chi connectivity index (χ3v) is 4.65. The maximum atomic E-state index is 12.7. The predicted molar refractivity (Wildman–Crippen MR) is 105 cm³/mol. The highest BCUT2D eigenvalue weighted by atomic mass is 16.2. The van der Waals surface area contributed by atoms with Crippen molar-refractivity contribution in [2.45, 2.75) is 20.8 Å². The van der Waals surface area contributed by atoms with E-state index in [1.165, 1.54) is 14.0 Å². The summed E-state index contributed by atoms with van der Waals surface area (Å²) >= 11 is 0. The molecule has 2 aromatic rings. The third kappa shape index (κ3) is 3.46. The molecule has 3 rings (SSSR count). The number of imide groups is 1. The number of carbonyl (C=O) groups is 3. The van der Waals surface area contributed by atoms with Crippen molar-refractivity contribution in [3.05, 3.63) is 64.9 Å². The van der Waals surface area contributed by atoms with Crippen molar-refractivity contribution in [1.29, 1.82) is 0 Å². The van der Waals surface area contributed by atoms with Crippen molar-refractivity contribution in [1.82, 2.24) is 4.90 Å². The van der Waals surface area contributed by atoms with Crippen LogP contribution < -0.4 is 10.6 Å². The topological polar surface area (TPSA) is 78.5 Å². The number of amides is 3. The van der Waals surface area contributed by atoms with Crippen molar-refractivity contribution >= 4 is 34.7 Å². The van der Waals surface area contributed by atoms with Crippen LogP contribution in [0.15, 0.2) is 48.2 Å². The molecule has 6 nitrogen and oxygen atoms in total. The van der Waals surface area contributed by atoms with Crippen molar-refractivity contribution in [2.24, 2.45) is 0 Å². The molecule has 1 heterocycles. The smallest absolute Gasteiger partial charge is 0.277 e. The number of likely N-dealkylation sites (N-methyl/N-ethyl adjacent to an activating group) is 1. The van der Waals surface area contributed by atoms with Gasteiger partial charge in [0.15, 0.2) is 0 Å². The van der Waals surface area contributed by atoms with Gasteiger partial charge in [0, 0.05) is 25.3 Å². The number of benzene rings is 2. The van der Waals surface area contributed by atoms with Gasteiger partial charge in [0.2, 0.25) is 5.91 Å². The minimum absolute atomic E-state index is 0.175. The van der Waals surface area contributed by atoms with Gasteiger partial charge in [-0.15, -0.1) is 0 Å². The SMILES string of the molecule is CC(=O)Nc1ccc(C2=C(Nc3cccc(C)c3C)C(=O)N(C)C2=O)cc1. The van der Waals surface area contributed by atoms with Crippen LogP contribution in [0.4, 0.5) is 11.4 Å². The van der Waals surface area contributed by atoms with Crippen LogP contribution in [0.2, 0.25) is 0 Å². The van der Waals surface area contributed by atoms with Crippen molar-refractivity contribution < 1.29 is 14.4 Å². The molecule has 0 bridgehead atoms. The predicted octanol–water partition coefficient (Wildman–Crippen LogP) is 3.08. The molecule has 0 aromatic heterocycles. The lowest BCUT2D eigenvalue weighted by Crippen LogP contribution is -2.28. The number of aryl methyl sites for hydroxylation is 1. The number of hydrogen-bond acceptors (Lipinski definition) is 4. The monoisotopic (exact) mass is 363 g/mol. The molecule has 138 valence electrons. The molecule has 1 aliphatic heterocycles. The Morgan fingerprint density at radius 2 is 1.63 bits per heavy atom. The second-order valence-corrected chi connectivity index (χ2v) is 6.55. The highest BCUT2D eigenvalue weighted by Gasteiger charge is 2.36. The molecule has 0 saturated carbocycles. The normalized spacial score (nSPS) is 14.0. The van der Waals surface area contributed by atoms with Gasteiger partial charge in [-0.1, -0.05) is 24.3 Å². The summed E-state index contributed by atoms with van der Waals surface area (Å²) in [5, 5.41) is 5.84. The Balaban J connectivity index is 2.04. The molecule has 1 aliphatic rings. The Morgan fingerprint density at radius 3 is 2.26 bits per heavy atom. The maximum absolute atomic E-state index is 12.7. The van der Waals surface area contributed by atoms with Gasteiger partial charge in [0.25, 0.3) is 11.8 Å². The van der Waals surface area contributed by atoms with Crippen molar-refractivity contribution in [2.75, 3.05) is 17.7 Å². The molecule has 0 spiro atoms. The molecule has 0 aliphatic carbocycles. The van der Waals surface area contributed by atoms with Gasteiger partial charge in [-0.3, -0.25) is 19.3 Å². The van der Waals surface area contributed by atoms with Gasteiger partial charge < -0.3 is 10.6 Å². The van der Waals surface area contributed by atoms with Crippen LogP contribution in [-0.4, -0.2) is 29.7 Å². The van der Waals surface area contributed by atoms with Crippen LogP contribution in [0.25, 0.3) is 5.57 Å². The average Bonchev–Trinajstić information content (AvgIpc) is 2.83. The van der Waals surface area contributed by atoms with E-state index in [2.05, 4.69) is 10.6 Å². The third-order valence-electron chi connectivity index (χ3n) is 4.65. The molecule has 0 saturated heterocycles. The highest BCUT2D eigenvalue weighted by Crippen LogP contribution is 2.31. The lowest BCUT2D eigenvalue weighted by Gasteiger charge is -2.13. The lowest BCUT2D eigenvalue weighted by atomic mass is 10.0. The average molecular weight is 363 g/mol. The molecule has 0 radical (unpaired) electrons. The van der Waals surface area contributed by atoms with Crippen LogP contribution in [0, 0.1) is 13.8 Å². The second kappa shape index (κ2) is 7.07. The fourth-order valence-corrected chi connectivity index (χ4v) is 2.97. The van der Waals surface area contributed by atoms with Crippen LogP contribution >= 0.6 is 0 Å². The minimum atomic E-state index is -0.373. The quantitative estimate of drug-likeness (QED) is 0.819. The second-order valence-electron chi connectivity index (χ2n) is 6.55. The molecular formula is C21H21N3O3. The van der Waals surface area contributed by atoms with E-state index < -0.39 is 0 Å². The number of rotatable bonds is 4. The van der Waals surface area contributed by atoms with Gasteiger partial charge in [0.1, 0.15) is 5.70 Å². The summed E-state index contributed by atoms with van der Waals surface area (Å²) in [5.74, 6) is -0.909. The molecule has 6 heteroatoms. The molecule has 3 amide bonds. The number of anilines is 2. The summed E-state index contributed by atoms with van der Waals surface area (Å²) in [6.07, 6.45) is 0. The molecule has 2 aromatic carbocycles. The Labute approximate surface area is 157 Å². The summed E-state index contributed by atoms with van der Waals surface area (Å²) in [6, 6.07) is 12.6. The summed E-state index contributed by atoms with van der Waals surface area (Å²) in [5.41, 5.74) is 4.70. The maximum Gasteiger partial charge on any atom is 0.277 e. The van der Waals surface area contributed by atoms with E-state index in [0.29, 0.717) is 16.8 Å². The summed E-state index contributed by atoms with van der Waals surface area (Å²) < 4.78 is 0. The molecule has 0 atom stereocenters. The van der Waals surface area contributed by atoms with Crippen LogP contribution in [0.3, 0.4) is 0 Å². The van der Waals surface area contributed by atoms with Crippen molar-refractivity contribution in [3.63, 3.8) is 0 Å². The van der Waals surface area contributed by atoms with E-state index in [9.17, 15) is 14.4 Å². The minimum Gasteiger partial charge on any atom is -0.350 e. The Kier molecular flexibility index (Phi) is 4.81. The fraction of sp³-hybridized carbons (Fsp3) is 0.190. The number of nitrogens with zero attached hydrogens (tertiary/aromatic N) is 1. The molecule has 0 fully saturated rings. The number of nitrogens with one attached hydrogen (secondary N) is 2. The summed E-state index contributed by atoms with van der Waals surface area (Å²) in [4.78, 5) is 37.6. The van der Waals surface area contributed by atoms with Crippen molar-refractivity contribution in [3.8, 4) is 0 Å². The standard InChI is InChI=1S/C21H21N3O3/c1-12-6-5-7-17(13(12)2)23-19-18(20(26)24(4)21(19)27)15-8-10-16(11-9-15)22-14(3)25/h5-11,23H,1-4H3,(H,22,25). The highest BCUT2D eigenvalue weighted by molar-refractivity contribution is 6.36. The van der Waals surface area contributed by atoms with Gasteiger partial charge in [-0.05, 0) is 48.7 Å². The molecule has 27 heavy (non-hydrogen) atoms.